The van der Waals surface area contributed by atoms with E-state index in [4.69, 9.17) is 11.0 Å². The van der Waals surface area contributed by atoms with Gasteiger partial charge in [0.2, 0.25) is 5.95 Å². The highest BCUT2D eigenvalue weighted by molar-refractivity contribution is 5.47. The molecule has 2 aromatic heterocycles. The SMILES string of the molecule is Cc1ccnc(-n2cnc(N)n2)c1C#N. The number of hydrogen-bond donors (Lipinski definition) is 1. The van der Waals surface area contributed by atoms with Gasteiger partial charge in [0.25, 0.3) is 0 Å². The molecule has 0 aliphatic carbocycles. The number of nitrogens with two attached hydrogens (primary N) is 1. The van der Waals surface area contributed by atoms with E-state index >= 15 is 0 Å². The Morgan fingerprint density at radius 1 is 1.47 bits per heavy atom. The van der Waals surface area contributed by atoms with Crippen LogP contribution in [-0.4, -0.2) is 19.7 Å². The fraction of sp³-hybridized carbons (Fsp3) is 0.111. The second-order valence-electron chi connectivity index (χ2n) is 2.99. The molecule has 6 heteroatoms. The van der Waals surface area contributed by atoms with Crippen molar-refractivity contribution in [1.82, 2.24) is 19.7 Å². The molecule has 2 heterocycles. The Kier molecular flexibility index (Phi) is 2.06. The first-order valence-electron chi connectivity index (χ1n) is 4.25. The third-order valence-corrected chi connectivity index (χ3v) is 1.98. The number of nitriles is 1. The lowest BCUT2D eigenvalue weighted by atomic mass is 10.1. The van der Waals surface area contributed by atoms with Gasteiger partial charge in [0.05, 0.1) is 5.56 Å². The molecule has 0 saturated carbocycles. The number of nitrogen functional groups attached to an aromatic ring is 1. The summed E-state index contributed by atoms with van der Waals surface area (Å²) in [7, 11) is 0. The van der Waals surface area contributed by atoms with Gasteiger partial charge in [-0.3, -0.25) is 0 Å². The quantitative estimate of drug-likeness (QED) is 0.720. The van der Waals surface area contributed by atoms with Crippen LogP contribution in [-0.2, 0) is 0 Å². The molecule has 0 radical (unpaired) electrons. The number of aryl methyl sites for hydroxylation is 1. The van der Waals surface area contributed by atoms with Crippen molar-refractivity contribution < 1.29 is 0 Å². The molecule has 0 bridgehead atoms. The monoisotopic (exact) mass is 200 g/mol. The summed E-state index contributed by atoms with van der Waals surface area (Å²) >= 11 is 0. The minimum Gasteiger partial charge on any atom is -0.366 e. The smallest absolute Gasteiger partial charge is 0.239 e. The molecule has 2 aromatic rings. The van der Waals surface area contributed by atoms with Gasteiger partial charge < -0.3 is 5.73 Å². The van der Waals surface area contributed by atoms with Crippen LogP contribution in [0.1, 0.15) is 11.1 Å². The fourth-order valence-electron chi connectivity index (χ4n) is 1.23. The van der Waals surface area contributed by atoms with Gasteiger partial charge in [-0.05, 0) is 18.6 Å². The van der Waals surface area contributed by atoms with Crippen molar-refractivity contribution in [3.8, 4) is 11.9 Å². The predicted octanol–water partition coefficient (Wildman–Crippen LogP) is 0.425. The van der Waals surface area contributed by atoms with E-state index < -0.39 is 0 Å². The number of hydrogen-bond acceptors (Lipinski definition) is 5. The van der Waals surface area contributed by atoms with Gasteiger partial charge in [0.1, 0.15) is 12.4 Å². The average Bonchev–Trinajstić information content (AvgIpc) is 2.64. The van der Waals surface area contributed by atoms with E-state index in [0.29, 0.717) is 11.4 Å². The van der Waals surface area contributed by atoms with E-state index in [-0.39, 0.29) is 5.95 Å². The largest absolute Gasteiger partial charge is 0.366 e. The number of rotatable bonds is 1. The van der Waals surface area contributed by atoms with Crippen LogP contribution in [0.4, 0.5) is 5.95 Å². The Morgan fingerprint density at radius 3 is 2.87 bits per heavy atom. The van der Waals surface area contributed by atoms with Gasteiger partial charge in [0, 0.05) is 6.20 Å². The molecule has 2 rings (SSSR count). The Morgan fingerprint density at radius 2 is 2.27 bits per heavy atom. The van der Waals surface area contributed by atoms with E-state index in [0.717, 1.165) is 5.56 Å². The zero-order valence-corrected chi connectivity index (χ0v) is 8.05. The Labute approximate surface area is 86.0 Å². The second-order valence-corrected chi connectivity index (χ2v) is 2.99. The molecule has 15 heavy (non-hydrogen) atoms. The van der Waals surface area contributed by atoms with Crippen molar-refractivity contribution in [3.05, 3.63) is 29.7 Å². The number of nitrogens with zero attached hydrogens (tertiary/aromatic N) is 5. The van der Waals surface area contributed by atoms with E-state index in [9.17, 15) is 0 Å². The molecule has 0 aliphatic heterocycles. The molecule has 0 unspecified atom stereocenters. The third-order valence-electron chi connectivity index (χ3n) is 1.98. The molecule has 6 nitrogen and oxygen atoms in total. The number of aromatic nitrogens is 4. The van der Waals surface area contributed by atoms with Crippen molar-refractivity contribution in [2.45, 2.75) is 6.92 Å². The topological polar surface area (TPSA) is 93.4 Å². The second kappa shape index (κ2) is 3.38. The van der Waals surface area contributed by atoms with Gasteiger partial charge in [-0.25, -0.2) is 9.97 Å². The van der Waals surface area contributed by atoms with E-state index in [1.54, 1.807) is 12.3 Å². The maximum Gasteiger partial charge on any atom is 0.239 e. The molecular weight excluding hydrogens is 192 g/mol. The van der Waals surface area contributed by atoms with E-state index in [2.05, 4.69) is 21.1 Å². The molecule has 0 aliphatic rings. The van der Waals surface area contributed by atoms with Crippen LogP contribution < -0.4 is 5.73 Å². The van der Waals surface area contributed by atoms with Gasteiger partial charge in [-0.15, -0.1) is 5.10 Å². The van der Waals surface area contributed by atoms with E-state index in [1.165, 1.54) is 11.0 Å². The summed E-state index contributed by atoms with van der Waals surface area (Å²) in [6, 6.07) is 3.85. The molecular formula is C9H8N6. The zero-order valence-electron chi connectivity index (χ0n) is 8.05. The summed E-state index contributed by atoms with van der Waals surface area (Å²) in [5.74, 6) is 0.601. The highest BCUT2D eigenvalue weighted by Crippen LogP contribution is 2.13. The molecule has 0 fully saturated rings. The summed E-state index contributed by atoms with van der Waals surface area (Å²) in [5.41, 5.74) is 6.71. The summed E-state index contributed by atoms with van der Waals surface area (Å²) < 4.78 is 1.39. The maximum absolute atomic E-state index is 8.98. The van der Waals surface area contributed by atoms with Crippen molar-refractivity contribution in [2.75, 3.05) is 5.73 Å². The standard InChI is InChI=1S/C9H8N6/c1-6-2-3-12-8(7(6)4-10)15-5-13-9(11)14-15/h2-3,5H,1H3,(H2,11,14). The van der Waals surface area contributed by atoms with Crippen LogP contribution in [0.25, 0.3) is 5.82 Å². The zero-order chi connectivity index (χ0) is 10.8. The normalized spacial score (nSPS) is 9.87. The first-order chi connectivity index (χ1) is 7.22. The van der Waals surface area contributed by atoms with Crippen LogP contribution in [0.15, 0.2) is 18.6 Å². The van der Waals surface area contributed by atoms with Gasteiger partial charge in [-0.1, -0.05) is 0 Å². The van der Waals surface area contributed by atoms with Crippen LogP contribution in [0, 0.1) is 18.3 Å². The average molecular weight is 200 g/mol. The highest BCUT2D eigenvalue weighted by atomic mass is 15.4. The van der Waals surface area contributed by atoms with Crippen LogP contribution in [0.2, 0.25) is 0 Å². The Bertz CT molecular complexity index is 536. The fourth-order valence-corrected chi connectivity index (χ4v) is 1.23. The van der Waals surface area contributed by atoms with Crippen molar-refractivity contribution >= 4 is 5.95 Å². The molecule has 0 spiro atoms. The van der Waals surface area contributed by atoms with Crippen molar-refractivity contribution in [2.24, 2.45) is 0 Å². The number of anilines is 1. The molecule has 74 valence electrons. The first kappa shape index (κ1) is 9.15. The Balaban J connectivity index is 2.63. The lowest BCUT2D eigenvalue weighted by Gasteiger charge is -2.03. The van der Waals surface area contributed by atoms with Gasteiger partial charge in [-0.2, -0.15) is 9.94 Å². The third kappa shape index (κ3) is 1.50. The van der Waals surface area contributed by atoms with E-state index in [1.807, 2.05) is 6.92 Å². The lowest BCUT2D eigenvalue weighted by molar-refractivity contribution is 0.843. The molecule has 0 atom stereocenters. The van der Waals surface area contributed by atoms with Crippen molar-refractivity contribution in [1.29, 1.82) is 5.26 Å². The highest BCUT2D eigenvalue weighted by Gasteiger charge is 2.09. The summed E-state index contributed by atoms with van der Waals surface area (Å²) in [4.78, 5) is 7.85. The minimum atomic E-state index is 0.155. The van der Waals surface area contributed by atoms with Crippen molar-refractivity contribution in [3.63, 3.8) is 0 Å². The molecule has 0 aromatic carbocycles. The van der Waals surface area contributed by atoms with Crippen LogP contribution in [0.5, 0.6) is 0 Å². The van der Waals surface area contributed by atoms with Crippen LogP contribution in [0.3, 0.4) is 0 Å². The van der Waals surface area contributed by atoms with Gasteiger partial charge >= 0.3 is 0 Å². The molecule has 0 saturated heterocycles. The lowest BCUT2D eigenvalue weighted by Crippen LogP contribution is -2.03. The van der Waals surface area contributed by atoms with Crippen LogP contribution >= 0.6 is 0 Å². The Hall–Kier alpha value is -2.42. The molecule has 2 N–H and O–H groups in total. The predicted molar refractivity (Wildman–Crippen MR) is 53.0 cm³/mol. The summed E-state index contributed by atoms with van der Waals surface area (Å²) in [6.45, 7) is 1.84. The number of pyridine rings is 1. The first-order valence-corrected chi connectivity index (χ1v) is 4.25. The summed E-state index contributed by atoms with van der Waals surface area (Å²) in [6.07, 6.45) is 3.04. The summed E-state index contributed by atoms with van der Waals surface area (Å²) in [5, 5.41) is 12.9. The minimum absolute atomic E-state index is 0.155. The maximum atomic E-state index is 8.98. The molecule has 0 amide bonds. The van der Waals surface area contributed by atoms with Gasteiger partial charge in [0.15, 0.2) is 5.82 Å².